The van der Waals surface area contributed by atoms with Crippen molar-refractivity contribution in [1.29, 1.82) is 0 Å². The van der Waals surface area contributed by atoms with Crippen molar-refractivity contribution in [3.63, 3.8) is 0 Å². The van der Waals surface area contributed by atoms with Crippen LogP contribution in [0, 0.1) is 0 Å². The summed E-state index contributed by atoms with van der Waals surface area (Å²) >= 11 is 0. The average molecular weight is 129 g/mol. The minimum absolute atomic E-state index is 0.264. The molecule has 2 heteroatoms. The fraction of sp³-hybridized carbons (Fsp3) is 0.857. The van der Waals surface area contributed by atoms with Crippen molar-refractivity contribution in [2.45, 2.75) is 32.2 Å². The van der Waals surface area contributed by atoms with E-state index in [0.717, 1.165) is 19.1 Å². The minimum atomic E-state index is -0.264. The van der Waals surface area contributed by atoms with Crippen LogP contribution in [-0.2, 0) is 4.79 Å². The van der Waals surface area contributed by atoms with Gasteiger partial charge in [-0.3, -0.25) is 0 Å². The first-order valence-electron chi connectivity index (χ1n) is 3.40. The van der Waals surface area contributed by atoms with E-state index < -0.39 is 0 Å². The fourth-order valence-electron chi connectivity index (χ4n) is 0.829. The highest BCUT2D eigenvalue weighted by Crippen LogP contribution is 2.09. The molecule has 0 aromatic heterocycles. The Balaban J connectivity index is 3.98. The quantitative estimate of drug-likeness (QED) is 0.573. The number of carbonyl (C=O) groups excluding carboxylic acids is 1. The Bertz CT molecular complexity index is 78.7. The zero-order valence-electron chi connectivity index (χ0n) is 6.40. The molecule has 1 N–H and O–H groups in total. The van der Waals surface area contributed by atoms with Gasteiger partial charge in [0.2, 0.25) is 0 Å². The zero-order chi connectivity index (χ0) is 7.33. The second kappa shape index (κ2) is 3.62. The molecule has 0 spiro atoms. The summed E-state index contributed by atoms with van der Waals surface area (Å²) in [7, 11) is 1.82. The third-order valence-electron chi connectivity index (χ3n) is 1.99. The average Bonchev–Trinajstić information content (AvgIpc) is 1.95. The highest BCUT2D eigenvalue weighted by Gasteiger charge is 2.21. The maximum Gasteiger partial charge on any atom is 0.139 e. The van der Waals surface area contributed by atoms with Gasteiger partial charge in [0.05, 0.1) is 5.54 Å². The van der Waals surface area contributed by atoms with E-state index in [1.807, 2.05) is 20.9 Å². The van der Waals surface area contributed by atoms with Crippen LogP contribution in [0.25, 0.3) is 0 Å². The molecule has 0 saturated carbocycles. The van der Waals surface area contributed by atoms with E-state index in [1.165, 1.54) is 0 Å². The number of likely N-dealkylation sites (N-methyl/N-ethyl adjacent to an activating group) is 1. The van der Waals surface area contributed by atoms with E-state index in [9.17, 15) is 4.79 Å². The third kappa shape index (κ3) is 1.79. The van der Waals surface area contributed by atoms with Gasteiger partial charge < -0.3 is 10.1 Å². The Morgan fingerprint density at radius 2 is 1.89 bits per heavy atom. The monoisotopic (exact) mass is 129 g/mol. The summed E-state index contributed by atoms with van der Waals surface area (Å²) in [5.74, 6) is 0. The molecule has 0 heterocycles. The Labute approximate surface area is 56.6 Å². The molecule has 0 saturated heterocycles. The van der Waals surface area contributed by atoms with Crippen molar-refractivity contribution in [2.75, 3.05) is 7.05 Å². The third-order valence-corrected chi connectivity index (χ3v) is 1.99. The first kappa shape index (κ1) is 8.63. The van der Waals surface area contributed by atoms with Gasteiger partial charge in [-0.15, -0.1) is 0 Å². The van der Waals surface area contributed by atoms with Crippen LogP contribution in [0.4, 0.5) is 0 Å². The highest BCUT2D eigenvalue weighted by atomic mass is 16.1. The summed E-state index contributed by atoms with van der Waals surface area (Å²) in [4.78, 5) is 10.5. The van der Waals surface area contributed by atoms with Gasteiger partial charge >= 0.3 is 0 Å². The molecule has 0 unspecified atom stereocenters. The second-order valence-electron chi connectivity index (χ2n) is 2.23. The van der Waals surface area contributed by atoms with Gasteiger partial charge in [0, 0.05) is 0 Å². The largest absolute Gasteiger partial charge is 0.308 e. The molecule has 0 aliphatic carbocycles. The molecule has 54 valence electrons. The van der Waals surface area contributed by atoms with Gasteiger partial charge in [0.1, 0.15) is 6.29 Å². The molecule has 0 atom stereocenters. The predicted octanol–water partition coefficient (Wildman–Crippen LogP) is 0.964. The summed E-state index contributed by atoms with van der Waals surface area (Å²) in [6.07, 6.45) is 2.72. The van der Waals surface area contributed by atoms with Gasteiger partial charge in [-0.2, -0.15) is 0 Å². The predicted molar refractivity (Wildman–Crippen MR) is 38.4 cm³/mol. The molecule has 2 nitrogen and oxygen atoms in total. The van der Waals surface area contributed by atoms with E-state index in [4.69, 9.17) is 0 Å². The molecule has 0 bridgehead atoms. The number of hydrogen-bond donors (Lipinski definition) is 1. The van der Waals surface area contributed by atoms with Gasteiger partial charge in [0.25, 0.3) is 0 Å². The van der Waals surface area contributed by atoms with E-state index in [-0.39, 0.29) is 5.54 Å². The van der Waals surface area contributed by atoms with Crippen LogP contribution in [0.1, 0.15) is 26.7 Å². The molecule has 0 radical (unpaired) electrons. The zero-order valence-corrected chi connectivity index (χ0v) is 6.40. The van der Waals surface area contributed by atoms with E-state index in [0.29, 0.717) is 0 Å². The lowest BCUT2D eigenvalue weighted by atomic mass is 9.95. The molecule has 0 aromatic rings. The molecular formula is C7H15NO. The van der Waals surface area contributed by atoms with Crippen LogP contribution in [0.3, 0.4) is 0 Å². The first-order valence-corrected chi connectivity index (χ1v) is 3.40. The van der Waals surface area contributed by atoms with Crippen molar-refractivity contribution in [1.82, 2.24) is 5.32 Å². The Hall–Kier alpha value is -0.370. The lowest BCUT2D eigenvalue weighted by Gasteiger charge is -2.23. The van der Waals surface area contributed by atoms with Crippen LogP contribution in [0.5, 0.6) is 0 Å². The second-order valence-corrected chi connectivity index (χ2v) is 2.23. The summed E-state index contributed by atoms with van der Waals surface area (Å²) in [6.45, 7) is 4.02. The number of carbonyl (C=O) groups is 1. The van der Waals surface area contributed by atoms with Crippen LogP contribution in [0.15, 0.2) is 0 Å². The van der Waals surface area contributed by atoms with E-state index in [2.05, 4.69) is 5.32 Å². The SMILES string of the molecule is CCC(C=O)(CC)NC. The maximum atomic E-state index is 10.5. The summed E-state index contributed by atoms with van der Waals surface area (Å²) in [5, 5.41) is 3.00. The van der Waals surface area contributed by atoms with Gasteiger partial charge in [-0.25, -0.2) is 0 Å². The molecule has 0 rings (SSSR count). The van der Waals surface area contributed by atoms with Gasteiger partial charge in [-0.1, -0.05) is 13.8 Å². The van der Waals surface area contributed by atoms with Crippen LogP contribution < -0.4 is 5.32 Å². The standard InChI is InChI=1S/C7H15NO/c1-4-7(5-2,6-9)8-3/h6,8H,4-5H2,1-3H3. The summed E-state index contributed by atoms with van der Waals surface area (Å²) < 4.78 is 0. The normalized spacial score (nSPS) is 11.4. The lowest BCUT2D eigenvalue weighted by molar-refractivity contribution is -0.113. The highest BCUT2D eigenvalue weighted by molar-refractivity contribution is 5.63. The summed E-state index contributed by atoms with van der Waals surface area (Å²) in [6, 6.07) is 0. The van der Waals surface area contributed by atoms with Crippen molar-refractivity contribution in [2.24, 2.45) is 0 Å². The van der Waals surface area contributed by atoms with E-state index >= 15 is 0 Å². The van der Waals surface area contributed by atoms with Crippen LogP contribution in [0.2, 0.25) is 0 Å². The molecular weight excluding hydrogens is 114 g/mol. The molecule has 9 heavy (non-hydrogen) atoms. The van der Waals surface area contributed by atoms with E-state index in [1.54, 1.807) is 0 Å². The van der Waals surface area contributed by atoms with Crippen molar-refractivity contribution in [3.8, 4) is 0 Å². The first-order chi connectivity index (χ1) is 4.24. The molecule has 0 fully saturated rings. The fourth-order valence-corrected chi connectivity index (χ4v) is 0.829. The number of nitrogens with one attached hydrogen (secondary N) is 1. The Morgan fingerprint density at radius 3 is 1.89 bits per heavy atom. The molecule has 0 aliphatic rings. The minimum Gasteiger partial charge on any atom is -0.308 e. The number of rotatable bonds is 4. The number of aldehydes is 1. The van der Waals surface area contributed by atoms with Crippen LogP contribution in [-0.4, -0.2) is 18.9 Å². The molecule has 0 aliphatic heterocycles. The summed E-state index contributed by atoms with van der Waals surface area (Å²) in [5.41, 5.74) is -0.264. The topological polar surface area (TPSA) is 29.1 Å². The maximum absolute atomic E-state index is 10.5. The number of hydrogen-bond acceptors (Lipinski definition) is 2. The molecule has 0 aromatic carbocycles. The molecule has 0 amide bonds. The Morgan fingerprint density at radius 1 is 1.44 bits per heavy atom. The van der Waals surface area contributed by atoms with Crippen molar-refractivity contribution in [3.05, 3.63) is 0 Å². The Kier molecular flexibility index (Phi) is 3.47. The van der Waals surface area contributed by atoms with Crippen molar-refractivity contribution < 1.29 is 4.79 Å². The lowest BCUT2D eigenvalue weighted by Crippen LogP contribution is -2.43. The van der Waals surface area contributed by atoms with Crippen molar-refractivity contribution >= 4 is 6.29 Å². The van der Waals surface area contributed by atoms with Gasteiger partial charge in [0.15, 0.2) is 0 Å². The smallest absolute Gasteiger partial charge is 0.139 e. The van der Waals surface area contributed by atoms with Crippen LogP contribution >= 0.6 is 0 Å². The van der Waals surface area contributed by atoms with Gasteiger partial charge in [-0.05, 0) is 19.9 Å².